The van der Waals surface area contributed by atoms with Crippen LogP contribution in [0.15, 0.2) is 24.3 Å². The van der Waals surface area contributed by atoms with Gasteiger partial charge >= 0.3 is 0 Å². The van der Waals surface area contributed by atoms with Gasteiger partial charge in [-0.1, -0.05) is 12.1 Å². The van der Waals surface area contributed by atoms with Crippen LogP contribution in [-0.4, -0.2) is 54.0 Å². The van der Waals surface area contributed by atoms with Crippen LogP contribution >= 0.6 is 0 Å². The number of nitrogens with zero attached hydrogens (tertiary/aromatic N) is 2. The van der Waals surface area contributed by atoms with Crippen molar-refractivity contribution in [3.63, 3.8) is 0 Å². The Balaban J connectivity index is 1.31. The average molecular weight is 301 g/mol. The smallest absolute Gasteiger partial charge is 0.159 e. The van der Waals surface area contributed by atoms with Gasteiger partial charge in [0.05, 0.1) is 24.2 Å². The second-order valence-corrected chi connectivity index (χ2v) is 6.21. The summed E-state index contributed by atoms with van der Waals surface area (Å²) in [5.74, 6) is 1.71. The fourth-order valence-electron chi connectivity index (χ4n) is 3.46. The van der Waals surface area contributed by atoms with Crippen LogP contribution in [0.4, 0.5) is 0 Å². The van der Waals surface area contributed by atoms with Crippen LogP contribution in [0.2, 0.25) is 0 Å². The number of piperidine rings is 1. The second-order valence-electron chi connectivity index (χ2n) is 6.21. The molecule has 4 rings (SSSR count). The number of hydrogen-bond acceptors (Lipinski definition) is 4. The molecule has 0 atom stereocenters. The molecule has 2 aromatic rings. The van der Waals surface area contributed by atoms with E-state index in [1.165, 1.54) is 12.8 Å². The summed E-state index contributed by atoms with van der Waals surface area (Å²) in [6.45, 7) is 4.83. The van der Waals surface area contributed by atoms with E-state index in [0.29, 0.717) is 5.92 Å². The molecule has 0 unspecified atom stereocenters. The Labute approximate surface area is 130 Å². The summed E-state index contributed by atoms with van der Waals surface area (Å²) < 4.78 is 11.0. The first-order valence-electron chi connectivity index (χ1n) is 8.29. The molecule has 2 aliphatic heterocycles. The lowest BCUT2D eigenvalue weighted by molar-refractivity contribution is -0.0523. The molecule has 0 bridgehead atoms. The summed E-state index contributed by atoms with van der Waals surface area (Å²) in [6, 6.07) is 8.28. The molecule has 1 aromatic carbocycles. The molecule has 2 aliphatic rings. The molecule has 118 valence electrons. The molecule has 5 nitrogen and oxygen atoms in total. The number of nitrogens with one attached hydrogen (secondary N) is 1. The molecular weight excluding hydrogens is 278 g/mol. The topological polar surface area (TPSA) is 50.4 Å². The second kappa shape index (κ2) is 6.36. The van der Waals surface area contributed by atoms with Crippen LogP contribution in [-0.2, 0) is 9.47 Å². The van der Waals surface area contributed by atoms with Gasteiger partial charge in [0.1, 0.15) is 5.82 Å². The molecule has 5 heteroatoms. The van der Waals surface area contributed by atoms with Crippen LogP contribution in [0.3, 0.4) is 0 Å². The summed E-state index contributed by atoms with van der Waals surface area (Å²) in [5, 5.41) is 0. The van der Waals surface area contributed by atoms with Crippen molar-refractivity contribution >= 4 is 11.0 Å². The van der Waals surface area contributed by atoms with E-state index in [0.717, 1.165) is 56.1 Å². The summed E-state index contributed by atoms with van der Waals surface area (Å²) in [6.07, 6.45) is 3.35. The summed E-state index contributed by atoms with van der Waals surface area (Å²) in [7, 11) is 0. The normalized spacial score (nSPS) is 21.8. The van der Waals surface area contributed by atoms with Crippen LogP contribution in [0.25, 0.3) is 11.0 Å². The van der Waals surface area contributed by atoms with E-state index in [1.54, 1.807) is 0 Å². The summed E-state index contributed by atoms with van der Waals surface area (Å²) >= 11 is 0. The molecular formula is C17H23N3O2. The number of aromatic nitrogens is 2. The van der Waals surface area contributed by atoms with E-state index < -0.39 is 0 Å². The van der Waals surface area contributed by atoms with Gasteiger partial charge in [-0.05, 0) is 38.1 Å². The number of para-hydroxylation sites is 2. The summed E-state index contributed by atoms with van der Waals surface area (Å²) in [5.41, 5.74) is 2.23. The first kappa shape index (κ1) is 14.2. The van der Waals surface area contributed by atoms with Gasteiger partial charge in [-0.3, -0.25) is 0 Å². The molecule has 3 heterocycles. The van der Waals surface area contributed by atoms with E-state index in [-0.39, 0.29) is 6.29 Å². The fraction of sp³-hybridized carbons (Fsp3) is 0.588. The van der Waals surface area contributed by atoms with Crippen molar-refractivity contribution in [2.45, 2.75) is 31.5 Å². The highest BCUT2D eigenvalue weighted by atomic mass is 16.7. The Bertz CT molecular complexity index is 580. The Morgan fingerprint density at radius 3 is 2.68 bits per heavy atom. The quantitative estimate of drug-likeness (QED) is 0.942. The van der Waals surface area contributed by atoms with Crippen LogP contribution < -0.4 is 0 Å². The molecule has 2 saturated heterocycles. The maximum absolute atomic E-state index is 5.50. The van der Waals surface area contributed by atoms with Crippen molar-refractivity contribution in [1.29, 1.82) is 0 Å². The Hall–Kier alpha value is -1.43. The molecule has 1 N–H and O–H groups in total. The number of ether oxygens (including phenoxy) is 2. The van der Waals surface area contributed by atoms with Crippen LogP contribution in [0.5, 0.6) is 0 Å². The van der Waals surface area contributed by atoms with Gasteiger partial charge in [-0.15, -0.1) is 0 Å². The largest absolute Gasteiger partial charge is 0.350 e. The highest BCUT2D eigenvalue weighted by Crippen LogP contribution is 2.27. The minimum Gasteiger partial charge on any atom is -0.350 e. The fourth-order valence-corrected chi connectivity index (χ4v) is 3.46. The Kier molecular flexibility index (Phi) is 4.10. The molecule has 2 fully saturated rings. The maximum Gasteiger partial charge on any atom is 0.159 e. The van der Waals surface area contributed by atoms with Gasteiger partial charge < -0.3 is 19.4 Å². The minimum atomic E-state index is 0.0214. The van der Waals surface area contributed by atoms with Gasteiger partial charge in [0.25, 0.3) is 0 Å². The highest BCUT2D eigenvalue weighted by Gasteiger charge is 2.24. The number of hydrogen-bond donors (Lipinski definition) is 1. The zero-order chi connectivity index (χ0) is 14.8. The number of H-pyrrole nitrogens is 1. The molecule has 0 amide bonds. The molecule has 0 aliphatic carbocycles. The zero-order valence-electron chi connectivity index (χ0n) is 12.8. The third kappa shape index (κ3) is 3.02. The number of imidazole rings is 1. The van der Waals surface area contributed by atoms with Crippen molar-refractivity contribution < 1.29 is 9.47 Å². The van der Waals surface area contributed by atoms with E-state index in [9.17, 15) is 0 Å². The number of aromatic amines is 1. The number of fused-ring (bicyclic) bond motifs is 1. The molecule has 1 aromatic heterocycles. The summed E-state index contributed by atoms with van der Waals surface area (Å²) in [4.78, 5) is 10.8. The van der Waals surface area contributed by atoms with Gasteiger partial charge in [0.2, 0.25) is 0 Å². The predicted octanol–water partition coefficient (Wildman–Crippen LogP) is 2.51. The van der Waals surface area contributed by atoms with Crippen LogP contribution in [0, 0.1) is 0 Å². The SMILES string of the molecule is c1ccc2[nH]c(C3CCN(CCC4OCCO4)CC3)nc2c1. The third-order valence-corrected chi connectivity index (χ3v) is 4.75. The van der Waals surface area contributed by atoms with Gasteiger partial charge in [-0.2, -0.15) is 0 Å². The first-order chi connectivity index (χ1) is 10.9. The predicted molar refractivity (Wildman–Crippen MR) is 84.8 cm³/mol. The lowest BCUT2D eigenvalue weighted by Gasteiger charge is -2.31. The van der Waals surface area contributed by atoms with Crippen molar-refractivity contribution in [3.8, 4) is 0 Å². The first-order valence-corrected chi connectivity index (χ1v) is 8.29. The molecule has 0 spiro atoms. The Morgan fingerprint density at radius 1 is 1.14 bits per heavy atom. The number of likely N-dealkylation sites (tertiary alicyclic amines) is 1. The van der Waals surface area contributed by atoms with Crippen LogP contribution in [0.1, 0.15) is 31.0 Å². The molecule has 22 heavy (non-hydrogen) atoms. The lowest BCUT2D eigenvalue weighted by atomic mass is 9.96. The third-order valence-electron chi connectivity index (χ3n) is 4.75. The highest BCUT2D eigenvalue weighted by molar-refractivity contribution is 5.74. The molecule has 0 radical (unpaired) electrons. The lowest BCUT2D eigenvalue weighted by Crippen LogP contribution is -2.35. The monoisotopic (exact) mass is 301 g/mol. The number of rotatable bonds is 4. The Morgan fingerprint density at radius 2 is 1.91 bits per heavy atom. The van der Waals surface area contributed by atoms with Gasteiger partial charge in [-0.25, -0.2) is 4.98 Å². The minimum absolute atomic E-state index is 0.0214. The van der Waals surface area contributed by atoms with E-state index >= 15 is 0 Å². The van der Waals surface area contributed by atoms with Crippen molar-refractivity contribution in [3.05, 3.63) is 30.1 Å². The maximum atomic E-state index is 5.50. The van der Waals surface area contributed by atoms with Crippen molar-refractivity contribution in [2.24, 2.45) is 0 Å². The van der Waals surface area contributed by atoms with Gasteiger partial charge in [0, 0.05) is 18.9 Å². The number of benzene rings is 1. The van der Waals surface area contributed by atoms with Gasteiger partial charge in [0.15, 0.2) is 6.29 Å². The van der Waals surface area contributed by atoms with E-state index in [4.69, 9.17) is 14.5 Å². The standard InChI is InChI=1S/C17H23N3O2/c1-2-4-15-14(3-1)18-17(19-15)13-5-8-20(9-6-13)10-7-16-21-11-12-22-16/h1-4,13,16H,5-12H2,(H,18,19). The van der Waals surface area contributed by atoms with E-state index in [2.05, 4.69) is 28.1 Å². The van der Waals surface area contributed by atoms with E-state index in [1.807, 2.05) is 6.07 Å². The van der Waals surface area contributed by atoms with Crippen molar-refractivity contribution in [1.82, 2.24) is 14.9 Å². The average Bonchev–Trinajstić information content (AvgIpc) is 3.22. The molecule has 0 saturated carbocycles. The van der Waals surface area contributed by atoms with Crippen molar-refractivity contribution in [2.75, 3.05) is 32.8 Å². The zero-order valence-corrected chi connectivity index (χ0v) is 12.8.